The van der Waals surface area contributed by atoms with Crippen LogP contribution in [0.3, 0.4) is 0 Å². The van der Waals surface area contributed by atoms with Crippen LogP contribution in [0, 0.1) is 5.82 Å². The van der Waals surface area contributed by atoms with E-state index in [4.69, 9.17) is 0 Å². The van der Waals surface area contributed by atoms with Crippen LogP contribution in [-0.4, -0.2) is 66.4 Å². The van der Waals surface area contributed by atoms with E-state index in [1.807, 2.05) is 12.1 Å². The number of amides is 4. The Morgan fingerprint density at radius 3 is 2.50 bits per heavy atom. The van der Waals surface area contributed by atoms with E-state index in [9.17, 15) is 18.8 Å². The lowest BCUT2D eigenvalue weighted by Crippen LogP contribution is -2.50. The van der Waals surface area contributed by atoms with Gasteiger partial charge in [0.1, 0.15) is 12.4 Å². The number of hydrogen-bond donors (Lipinski definition) is 2. The van der Waals surface area contributed by atoms with Gasteiger partial charge in [0.05, 0.1) is 6.54 Å². The second-order valence-electron chi connectivity index (χ2n) is 8.72. The lowest BCUT2D eigenvalue weighted by Gasteiger charge is -2.39. The smallest absolute Gasteiger partial charge is 0.325 e. The number of carbonyl (C=O) groups is 3. The van der Waals surface area contributed by atoms with Crippen LogP contribution in [0.4, 0.5) is 9.18 Å². The first-order chi connectivity index (χ1) is 14.5. The topological polar surface area (TPSA) is 81.8 Å². The predicted molar refractivity (Wildman–Crippen MR) is 109 cm³/mol. The van der Waals surface area contributed by atoms with E-state index in [0.717, 1.165) is 68.6 Å². The van der Waals surface area contributed by atoms with E-state index < -0.39 is 6.03 Å². The van der Waals surface area contributed by atoms with Gasteiger partial charge in [0.2, 0.25) is 5.91 Å². The number of nitrogens with one attached hydrogen (secondary N) is 2. The molecule has 0 atom stereocenters. The lowest BCUT2D eigenvalue weighted by atomic mass is 9.77. The molecule has 1 aromatic rings. The molecule has 2 aliphatic heterocycles. The van der Waals surface area contributed by atoms with E-state index in [1.165, 1.54) is 0 Å². The van der Waals surface area contributed by atoms with Crippen LogP contribution >= 0.6 is 0 Å². The molecule has 1 aromatic carbocycles. The van der Waals surface area contributed by atoms with Crippen LogP contribution < -0.4 is 10.6 Å². The molecule has 0 radical (unpaired) electrons. The summed E-state index contributed by atoms with van der Waals surface area (Å²) in [5, 5.41) is 5.37. The van der Waals surface area contributed by atoms with Gasteiger partial charge in [-0.25, -0.2) is 9.18 Å². The molecule has 2 heterocycles. The maximum Gasteiger partial charge on any atom is 0.325 e. The van der Waals surface area contributed by atoms with Crippen molar-refractivity contribution in [2.75, 3.05) is 32.7 Å². The van der Waals surface area contributed by atoms with Crippen molar-refractivity contribution in [2.45, 2.75) is 50.0 Å². The van der Waals surface area contributed by atoms with Crippen LogP contribution in [-0.2, 0) is 15.0 Å². The molecule has 3 fully saturated rings. The maximum atomic E-state index is 14.5. The van der Waals surface area contributed by atoms with Gasteiger partial charge in [0.25, 0.3) is 5.91 Å². The lowest BCUT2D eigenvalue weighted by molar-refractivity contribution is -0.131. The Hall–Kier alpha value is -2.48. The summed E-state index contributed by atoms with van der Waals surface area (Å²) in [6, 6.07) is 6.68. The van der Waals surface area contributed by atoms with Crippen LogP contribution in [0.25, 0.3) is 0 Å². The minimum atomic E-state index is -0.514. The van der Waals surface area contributed by atoms with E-state index in [-0.39, 0.29) is 42.2 Å². The van der Waals surface area contributed by atoms with Crippen molar-refractivity contribution < 1.29 is 18.8 Å². The van der Waals surface area contributed by atoms with Gasteiger partial charge in [-0.2, -0.15) is 0 Å². The van der Waals surface area contributed by atoms with Gasteiger partial charge in [-0.3, -0.25) is 14.5 Å². The highest BCUT2D eigenvalue weighted by Gasteiger charge is 2.39. The normalized spacial score (nSPS) is 22.4. The summed E-state index contributed by atoms with van der Waals surface area (Å²) in [7, 11) is 0. The number of rotatable bonds is 6. The minimum Gasteiger partial charge on any atom is -0.352 e. The third-order valence-electron chi connectivity index (χ3n) is 6.72. The second-order valence-corrected chi connectivity index (χ2v) is 8.72. The zero-order valence-corrected chi connectivity index (χ0v) is 17.2. The number of halogens is 1. The van der Waals surface area contributed by atoms with Gasteiger partial charge in [0, 0.05) is 31.1 Å². The van der Waals surface area contributed by atoms with Gasteiger partial charge in [-0.15, -0.1) is 0 Å². The zero-order chi connectivity index (χ0) is 21.1. The highest BCUT2D eigenvalue weighted by Crippen LogP contribution is 2.43. The van der Waals surface area contributed by atoms with Crippen LogP contribution in [0.1, 0.15) is 44.1 Å². The number of nitrogens with zero attached hydrogens (tertiary/aromatic N) is 2. The quantitative estimate of drug-likeness (QED) is 0.693. The average molecular weight is 416 g/mol. The van der Waals surface area contributed by atoms with Crippen molar-refractivity contribution in [3.05, 3.63) is 35.6 Å². The summed E-state index contributed by atoms with van der Waals surface area (Å²) in [5.41, 5.74) is 0.719. The molecule has 0 spiro atoms. The number of benzene rings is 1. The summed E-state index contributed by atoms with van der Waals surface area (Å²) in [4.78, 5) is 38.8. The number of imide groups is 1. The Labute approximate surface area is 176 Å². The monoisotopic (exact) mass is 416 g/mol. The van der Waals surface area contributed by atoms with E-state index >= 15 is 0 Å². The third kappa shape index (κ3) is 4.33. The van der Waals surface area contributed by atoms with Crippen molar-refractivity contribution in [2.24, 2.45) is 0 Å². The zero-order valence-electron chi connectivity index (χ0n) is 17.2. The van der Waals surface area contributed by atoms with Crippen molar-refractivity contribution in [1.29, 1.82) is 0 Å². The molecule has 0 aromatic heterocycles. The number of urea groups is 1. The summed E-state index contributed by atoms with van der Waals surface area (Å²) in [5.74, 6) is -0.792. The van der Waals surface area contributed by atoms with Gasteiger partial charge in [-0.1, -0.05) is 31.0 Å². The summed E-state index contributed by atoms with van der Waals surface area (Å²) in [6.07, 6.45) is 5.89. The first kappa shape index (κ1) is 20.8. The first-order valence-electron chi connectivity index (χ1n) is 10.8. The Morgan fingerprint density at radius 2 is 1.87 bits per heavy atom. The molecular weight excluding hydrogens is 387 g/mol. The molecule has 30 heavy (non-hydrogen) atoms. The minimum absolute atomic E-state index is 0.0301. The fourth-order valence-electron chi connectivity index (χ4n) is 5.15. The molecule has 2 N–H and O–H groups in total. The fraction of sp³-hybridized carbons (Fsp3) is 0.591. The fourth-order valence-corrected chi connectivity index (χ4v) is 5.15. The highest BCUT2D eigenvalue weighted by molar-refractivity contribution is 6.04. The van der Waals surface area contributed by atoms with Crippen molar-refractivity contribution >= 4 is 17.8 Å². The second kappa shape index (κ2) is 8.71. The summed E-state index contributed by atoms with van der Waals surface area (Å²) < 4.78 is 14.5. The van der Waals surface area contributed by atoms with E-state index in [0.29, 0.717) is 0 Å². The highest BCUT2D eigenvalue weighted by atomic mass is 19.1. The Balaban J connectivity index is 1.30. The summed E-state index contributed by atoms with van der Waals surface area (Å²) in [6.45, 7) is 2.24. The van der Waals surface area contributed by atoms with Crippen molar-refractivity contribution in [1.82, 2.24) is 20.4 Å². The van der Waals surface area contributed by atoms with Crippen LogP contribution in [0.15, 0.2) is 24.3 Å². The van der Waals surface area contributed by atoms with Crippen LogP contribution in [0.2, 0.25) is 0 Å². The van der Waals surface area contributed by atoms with Gasteiger partial charge in [-0.05, 0) is 37.3 Å². The molecule has 1 aliphatic carbocycles. The molecular formula is C22H29FN4O3. The number of piperidine rings is 1. The number of hydrogen-bond acceptors (Lipinski definition) is 4. The maximum absolute atomic E-state index is 14.5. The van der Waals surface area contributed by atoms with Crippen molar-refractivity contribution in [3.8, 4) is 0 Å². The summed E-state index contributed by atoms with van der Waals surface area (Å²) >= 11 is 0. The van der Waals surface area contributed by atoms with Crippen LogP contribution in [0.5, 0.6) is 0 Å². The van der Waals surface area contributed by atoms with Crippen molar-refractivity contribution in [3.63, 3.8) is 0 Å². The Bertz CT molecular complexity index is 800. The molecule has 162 valence electrons. The third-order valence-corrected chi connectivity index (χ3v) is 6.72. The number of likely N-dealkylation sites (tertiary alicyclic amines) is 1. The molecule has 0 bridgehead atoms. The van der Waals surface area contributed by atoms with E-state index in [1.54, 1.807) is 12.1 Å². The average Bonchev–Trinajstić information content (AvgIpc) is 3.32. The molecule has 7 nitrogen and oxygen atoms in total. The first-order valence-corrected chi connectivity index (χ1v) is 10.8. The molecule has 3 aliphatic rings. The molecule has 1 saturated carbocycles. The molecule has 0 unspecified atom stereocenters. The van der Waals surface area contributed by atoms with Gasteiger partial charge in [0.15, 0.2) is 0 Å². The standard InChI is InChI=1S/C22H29FN4O3/c23-18-6-2-1-5-17(18)22(9-3-4-10-22)15-26-11-7-16(8-12-26)25-19(28)14-27-20(29)13-24-21(27)30/h1-2,5-6,16H,3-4,7-15H2,(H,24,30)(H,25,28). The SMILES string of the molecule is O=C(CN1C(=O)CNC1=O)NC1CCN(CC2(c3ccccc3F)CCCC2)CC1. The van der Waals surface area contributed by atoms with Gasteiger partial charge >= 0.3 is 6.03 Å². The van der Waals surface area contributed by atoms with Gasteiger partial charge < -0.3 is 15.5 Å². The van der Waals surface area contributed by atoms with E-state index in [2.05, 4.69) is 15.5 Å². The number of carbonyl (C=O) groups excluding carboxylic acids is 3. The molecule has 2 saturated heterocycles. The molecule has 4 rings (SSSR count). The Kier molecular flexibility index (Phi) is 6.04. The Morgan fingerprint density at radius 1 is 1.17 bits per heavy atom. The molecule has 8 heteroatoms. The predicted octanol–water partition coefficient (Wildman–Crippen LogP) is 1.77. The largest absolute Gasteiger partial charge is 0.352 e. The molecule has 4 amide bonds.